The number of aromatic nitrogens is 2. The lowest BCUT2D eigenvalue weighted by Gasteiger charge is -2.08. The number of anilines is 1. The zero-order valence-electron chi connectivity index (χ0n) is 15.4. The van der Waals surface area contributed by atoms with Gasteiger partial charge in [0, 0.05) is 29.1 Å². The van der Waals surface area contributed by atoms with Crippen LogP contribution in [-0.4, -0.2) is 29.1 Å². The van der Waals surface area contributed by atoms with Crippen LogP contribution in [0, 0.1) is 0 Å². The van der Waals surface area contributed by atoms with E-state index < -0.39 is 5.97 Å². The molecular formula is C20H17Cl2N3O4. The van der Waals surface area contributed by atoms with Crippen molar-refractivity contribution in [2.75, 3.05) is 12.4 Å². The second kappa shape index (κ2) is 9.54. The van der Waals surface area contributed by atoms with Gasteiger partial charge in [0.25, 0.3) is 0 Å². The van der Waals surface area contributed by atoms with Gasteiger partial charge in [0.05, 0.1) is 17.7 Å². The van der Waals surface area contributed by atoms with Crippen LogP contribution in [0.4, 0.5) is 5.69 Å². The molecule has 0 aliphatic carbocycles. The third-order valence-corrected chi connectivity index (χ3v) is 4.60. The monoisotopic (exact) mass is 433 g/mol. The van der Waals surface area contributed by atoms with Crippen LogP contribution in [0.15, 0.2) is 47.0 Å². The zero-order valence-corrected chi connectivity index (χ0v) is 17.0. The molecule has 1 amide bonds. The summed E-state index contributed by atoms with van der Waals surface area (Å²) in [4.78, 5) is 28.2. The fourth-order valence-corrected chi connectivity index (χ4v) is 2.89. The average Bonchev–Trinajstić information content (AvgIpc) is 3.18. The Morgan fingerprint density at radius 1 is 1.14 bits per heavy atom. The molecule has 3 aromatic rings. The van der Waals surface area contributed by atoms with Crippen molar-refractivity contribution in [3.05, 3.63) is 64.0 Å². The van der Waals surface area contributed by atoms with E-state index >= 15 is 0 Å². The number of halogens is 2. The van der Waals surface area contributed by atoms with Crippen molar-refractivity contribution in [3.8, 4) is 11.4 Å². The molecule has 9 heteroatoms. The van der Waals surface area contributed by atoms with Crippen molar-refractivity contribution >= 4 is 40.8 Å². The number of methoxy groups -OCH3 is 1. The number of carbonyl (C=O) groups excluding carboxylic acids is 2. The van der Waals surface area contributed by atoms with Gasteiger partial charge in [-0.2, -0.15) is 4.98 Å². The third kappa shape index (κ3) is 5.56. The summed E-state index contributed by atoms with van der Waals surface area (Å²) in [6.07, 6.45) is 1.22. The summed E-state index contributed by atoms with van der Waals surface area (Å²) in [5.41, 5.74) is 1.45. The zero-order chi connectivity index (χ0) is 20.8. The van der Waals surface area contributed by atoms with Crippen molar-refractivity contribution < 1.29 is 18.8 Å². The molecule has 0 aliphatic rings. The van der Waals surface area contributed by atoms with Gasteiger partial charge in [0.2, 0.25) is 17.6 Å². The number of nitrogens with zero attached hydrogens (tertiary/aromatic N) is 2. The first kappa shape index (κ1) is 20.8. The highest BCUT2D eigenvalue weighted by molar-refractivity contribution is 6.33. The first-order valence-corrected chi connectivity index (χ1v) is 9.48. The van der Waals surface area contributed by atoms with Crippen LogP contribution in [0.1, 0.15) is 29.1 Å². The Hall–Kier alpha value is -2.90. The number of aryl methyl sites for hydroxylation is 1. The van der Waals surface area contributed by atoms with Crippen molar-refractivity contribution in [1.82, 2.24) is 10.1 Å². The van der Waals surface area contributed by atoms with E-state index in [1.165, 1.54) is 19.2 Å². The summed E-state index contributed by atoms with van der Waals surface area (Å²) in [7, 11) is 1.26. The Bertz CT molecular complexity index is 1020. The maximum absolute atomic E-state index is 12.2. The van der Waals surface area contributed by atoms with Gasteiger partial charge in [0.1, 0.15) is 0 Å². The second-order valence-electron chi connectivity index (χ2n) is 6.11. The highest BCUT2D eigenvalue weighted by atomic mass is 35.5. The number of hydrogen-bond donors (Lipinski definition) is 1. The maximum Gasteiger partial charge on any atom is 0.339 e. The number of carbonyl (C=O) groups is 2. The molecule has 150 valence electrons. The van der Waals surface area contributed by atoms with Gasteiger partial charge in [-0.25, -0.2) is 4.79 Å². The number of amides is 1. The SMILES string of the molecule is COC(=O)c1cc(NC(=O)CCCc2nc(-c3ccc(Cl)cc3)no2)ccc1Cl. The molecule has 0 atom stereocenters. The molecule has 1 heterocycles. The molecule has 0 unspecified atom stereocenters. The summed E-state index contributed by atoms with van der Waals surface area (Å²) >= 11 is 11.8. The molecule has 1 N–H and O–H groups in total. The standard InChI is InChI=1S/C20H17Cl2N3O4/c1-28-20(27)15-11-14(9-10-16(15)22)23-17(26)3-2-4-18-24-19(25-29-18)12-5-7-13(21)8-6-12/h5-11H,2-4H2,1H3,(H,23,26). The molecule has 29 heavy (non-hydrogen) atoms. The molecule has 0 bridgehead atoms. The lowest BCUT2D eigenvalue weighted by atomic mass is 10.2. The van der Waals surface area contributed by atoms with Crippen LogP contribution in [0.5, 0.6) is 0 Å². The lowest BCUT2D eigenvalue weighted by Crippen LogP contribution is -2.12. The van der Waals surface area contributed by atoms with E-state index in [9.17, 15) is 9.59 Å². The van der Waals surface area contributed by atoms with Gasteiger partial charge in [-0.05, 0) is 48.9 Å². The Morgan fingerprint density at radius 3 is 2.62 bits per heavy atom. The van der Waals surface area contributed by atoms with E-state index in [1.807, 2.05) is 0 Å². The number of nitrogens with one attached hydrogen (secondary N) is 1. The summed E-state index contributed by atoms with van der Waals surface area (Å²) in [5.74, 6) is 0.138. The van der Waals surface area contributed by atoms with Crippen LogP contribution in [0.2, 0.25) is 10.0 Å². The molecule has 2 aromatic carbocycles. The van der Waals surface area contributed by atoms with Crippen molar-refractivity contribution in [2.24, 2.45) is 0 Å². The average molecular weight is 434 g/mol. The number of benzene rings is 2. The topological polar surface area (TPSA) is 94.3 Å². The summed E-state index contributed by atoms with van der Waals surface area (Å²) in [5, 5.41) is 7.54. The Balaban J connectivity index is 1.52. The predicted octanol–water partition coefficient (Wildman–Crippen LogP) is 4.79. The second-order valence-corrected chi connectivity index (χ2v) is 6.95. The molecule has 0 radical (unpaired) electrons. The van der Waals surface area contributed by atoms with E-state index in [-0.39, 0.29) is 22.9 Å². The lowest BCUT2D eigenvalue weighted by molar-refractivity contribution is -0.116. The van der Waals surface area contributed by atoms with E-state index in [2.05, 4.69) is 20.2 Å². The van der Waals surface area contributed by atoms with Crippen molar-refractivity contribution in [1.29, 1.82) is 0 Å². The van der Waals surface area contributed by atoms with Crippen LogP contribution >= 0.6 is 23.2 Å². The Kier molecular flexibility index (Phi) is 6.85. The van der Waals surface area contributed by atoms with E-state index in [4.69, 9.17) is 27.7 Å². The number of hydrogen-bond acceptors (Lipinski definition) is 6. The van der Waals surface area contributed by atoms with Gasteiger partial charge in [-0.3, -0.25) is 4.79 Å². The molecule has 1 aromatic heterocycles. The van der Waals surface area contributed by atoms with Crippen molar-refractivity contribution in [2.45, 2.75) is 19.3 Å². The number of ether oxygens (including phenoxy) is 1. The largest absolute Gasteiger partial charge is 0.465 e. The molecule has 0 aliphatic heterocycles. The fourth-order valence-electron chi connectivity index (χ4n) is 2.57. The fraction of sp³-hybridized carbons (Fsp3) is 0.200. The molecule has 0 fully saturated rings. The van der Waals surface area contributed by atoms with Gasteiger partial charge in [-0.1, -0.05) is 28.4 Å². The van der Waals surface area contributed by atoms with Gasteiger partial charge >= 0.3 is 5.97 Å². The van der Waals surface area contributed by atoms with Crippen LogP contribution < -0.4 is 5.32 Å². The van der Waals surface area contributed by atoms with Gasteiger partial charge in [-0.15, -0.1) is 0 Å². The first-order chi connectivity index (χ1) is 14.0. The molecular weight excluding hydrogens is 417 g/mol. The highest BCUT2D eigenvalue weighted by Gasteiger charge is 2.13. The first-order valence-electron chi connectivity index (χ1n) is 8.72. The summed E-state index contributed by atoms with van der Waals surface area (Å²) < 4.78 is 9.89. The summed E-state index contributed by atoms with van der Waals surface area (Å²) in [6, 6.07) is 11.7. The number of rotatable bonds is 7. The van der Waals surface area contributed by atoms with Crippen LogP contribution in [0.25, 0.3) is 11.4 Å². The molecule has 3 rings (SSSR count). The smallest absolute Gasteiger partial charge is 0.339 e. The Morgan fingerprint density at radius 2 is 1.90 bits per heavy atom. The minimum atomic E-state index is -0.570. The maximum atomic E-state index is 12.2. The summed E-state index contributed by atoms with van der Waals surface area (Å²) in [6.45, 7) is 0. The van der Waals surface area contributed by atoms with Crippen molar-refractivity contribution in [3.63, 3.8) is 0 Å². The van der Waals surface area contributed by atoms with Gasteiger partial charge < -0.3 is 14.6 Å². The quantitative estimate of drug-likeness (QED) is 0.538. The van der Waals surface area contributed by atoms with Gasteiger partial charge in [0.15, 0.2) is 0 Å². The van der Waals surface area contributed by atoms with E-state index in [1.54, 1.807) is 30.3 Å². The predicted molar refractivity (Wildman–Crippen MR) is 109 cm³/mol. The highest BCUT2D eigenvalue weighted by Crippen LogP contribution is 2.22. The van der Waals surface area contributed by atoms with Crippen LogP contribution in [-0.2, 0) is 16.0 Å². The molecule has 0 saturated heterocycles. The minimum absolute atomic E-state index is 0.188. The van der Waals surface area contributed by atoms with Crippen LogP contribution in [0.3, 0.4) is 0 Å². The molecule has 7 nitrogen and oxygen atoms in total. The van der Waals surface area contributed by atoms with E-state index in [0.29, 0.717) is 35.3 Å². The third-order valence-electron chi connectivity index (χ3n) is 4.02. The minimum Gasteiger partial charge on any atom is -0.465 e. The van der Waals surface area contributed by atoms with E-state index in [0.717, 1.165) is 5.56 Å². The normalized spacial score (nSPS) is 10.6. The molecule has 0 saturated carbocycles. The molecule has 0 spiro atoms. The number of esters is 1. The Labute approximate surface area is 177 Å².